The fourth-order valence-electron chi connectivity index (χ4n) is 0.896. The van der Waals surface area contributed by atoms with Gasteiger partial charge in [-0.15, -0.1) is 0 Å². The Balaban J connectivity index is 2.39. The van der Waals surface area contributed by atoms with E-state index in [0.29, 0.717) is 0 Å². The van der Waals surface area contributed by atoms with Crippen molar-refractivity contribution in [3.05, 3.63) is 37.1 Å². The molecule has 1 heterocycles. The zero-order valence-corrected chi connectivity index (χ0v) is 7.88. The van der Waals surface area contributed by atoms with E-state index >= 15 is 0 Å². The summed E-state index contributed by atoms with van der Waals surface area (Å²) in [5.41, 5.74) is 0. The first-order valence-corrected chi connectivity index (χ1v) is 4.16. The molecule has 0 spiro atoms. The Morgan fingerprint density at radius 2 is 2.00 bits per heavy atom. The number of rotatable bonds is 4. The normalized spacial score (nSPS) is 15.1. The topological polar surface area (TPSA) is 63.7 Å². The van der Waals surface area contributed by atoms with Crippen LogP contribution in [0.15, 0.2) is 37.1 Å². The summed E-state index contributed by atoms with van der Waals surface area (Å²) >= 11 is 0. The predicted octanol–water partition coefficient (Wildman–Crippen LogP) is 0.154. The number of amides is 2. The van der Waals surface area contributed by atoms with Gasteiger partial charge in [-0.3, -0.25) is 14.5 Å². The summed E-state index contributed by atoms with van der Waals surface area (Å²) in [6.07, 6.45) is 6.03. The summed E-state index contributed by atoms with van der Waals surface area (Å²) < 4.78 is 4.61. The van der Waals surface area contributed by atoms with Crippen LogP contribution in [0, 0.1) is 0 Å². The van der Waals surface area contributed by atoms with Gasteiger partial charge in [0, 0.05) is 24.4 Å². The lowest BCUT2D eigenvalue weighted by molar-refractivity contribution is -0.136. The summed E-state index contributed by atoms with van der Waals surface area (Å²) in [5.74, 6) is -1.38. The smallest absolute Gasteiger partial charge is 0.330 e. The van der Waals surface area contributed by atoms with Crippen LogP contribution >= 0.6 is 0 Å². The van der Waals surface area contributed by atoms with Gasteiger partial charge < -0.3 is 4.74 Å². The number of nitrogens with zero attached hydrogens (tertiary/aromatic N) is 1. The average molecular weight is 207 g/mol. The average Bonchev–Trinajstić information content (AvgIpc) is 2.54. The minimum absolute atomic E-state index is 0.0120. The molecule has 5 nitrogen and oxygen atoms in total. The highest BCUT2D eigenvalue weighted by atomic mass is 16.5. The monoisotopic (exact) mass is 207 g/mol. The van der Waals surface area contributed by atoms with Crippen LogP contribution in [0.2, 0.25) is 0 Å². The molecular weight excluding hydrogens is 198 g/mol. The van der Waals surface area contributed by atoms with E-state index in [2.05, 4.69) is 11.3 Å². The number of hydrogen-bond donors (Lipinski definition) is 0. The van der Waals surface area contributed by atoms with Gasteiger partial charge in [0.15, 0.2) is 0 Å². The Morgan fingerprint density at radius 3 is 2.53 bits per heavy atom. The first-order chi connectivity index (χ1) is 7.15. The molecule has 0 unspecified atom stereocenters. The van der Waals surface area contributed by atoms with E-state index in [1.165, 1.54) is 24.4 Å². The lowest BCUT2D eigenvalue weighted by Crippen LogP contribution is -2.23. The molecule has 1 rings (SSSR count). The van der Waals surface area contributed by atoms with E-state index in [4.69, 9.17) is 0 Å². The first kappa shape index (κ1) is 10.9. The fourth-order valence-corrected chi connectivity index (χ4v) is 0.896. The molecule has 0 aromatic carbocycles. The third-order valence-electron chi connectivity index (χ3n) is 1.59. The van der Waals surface area contributed by atoms with Crippen LogP contribution < -0.4 is 0 Å². The van der Waals surface area contributed by atoms with Crippen molar-refractivity contribution in [3.8, 4) is 0 Å². The van der Waals surface area contributed by atoms with E-state index in [0.717, 1.165) is 11.0 Å². The van der Waals surface area contributed by atoms with Crippen LogP contribution in [0.4, 0.5) is 0 Å². The Morgan fingerprint density at radius 1 is 1.40 bits per heavy atom. The molecule has 0 N–H and O–H groups in total. The summed E-state index contributed by atoms with van der Waals surface area (Å²) in [6.45, 7) is 3.20. The highest BCUT2D eigenvalue weighted by Gasteiger charge is 2.20. The van der Waals surface area contributed by atoms with Crippen molar-refractivity contribution < 1.29 is 19.1 Å². The quantitative estimate of drug-likeness (QED) is 0.374. The van der Waals surface area contributed by atoms with Crippen molar-refractivity contribution in [3.63, 3.8) is 0 Å². The summed E-state index contributed by atoms with van der Waals surface area (Å²) in [5, 5.41) is 0. The molecule has 78 valence electrons. The predicted molar refractivity (Wildman–Crippen MR) is 51.3 cm³/mol. The van der Waals surface area contributed by atoms with Crippen LogP contribution in [0.25, 0.3) is 0 Å². The molecule has 0 saturated heterocycles. The van der Waals surface area contributed by atoms with Gasteiger partial charge in [0.05, 0.1) is 0 Å². The minimum Gasteiger partial charge on any atom is -0.458 e. The highest BCUT2D eigenvalue weighted by Crippen LogP contribution is 2.03. The number of carbonyl (C=O) groups excluding carboxylic acids is 3. The second-order valence-corrected chi connectivity index (χ2v) is 2.60. The van der Waals surface area contributed by atoms with Gasteiger partial charge >= 0.3 is 5.97 Å². The molecule has 0 saturated carbocycles. The minimum atomic E-state index is -0.558. The first-order valence-electron chi connectivity index (χ1n) is 4.16. The molecule has 5 heteroatoms. The van der Waals surface area contributed by atoms with Crippen molar-refractivity contribution in [2.75, 3.05) is 6.61 Å². The second-order valence-electron chi connectivity index (χ2n) is 2.60. The molecule has 0 bridgehead atoms. The molecule has 0 radical (unpaired) electrons. The molecule has 1 aliphatic rings. The molecule has 0 aromatic rings. The van der Waals surface area contributed by atoms with Crippen LogP contribution in [0.3, 0.4) is 0 Å². The third-order valence-corrected chi connectivity index (χ3v) is 1.59. The van der Waals surface area contributed by atoms with E-state index in [1.54, 1.807) is 0 Å². The SMILES string of the molecule is C=CC(=O)OCC=CN1C(=O)C=CC1=O. The van der Waals surface area contributed by atoms with Crippen LogP contribution in [0.1, 0.15) is 0 Å². The lowest BCUT2D eigenvalue weighted by atomic mass is 10.5. The van der Waals surface area contributed by atoms with E-state index < -0.39 is 17.8 Å². The zero-order chi connectivity index (χ0) is 11.3. The zero-order valence-electron chi connectivity index (χ0n) is 7.88. The number of esters is 1. The molecular formula is C10H9NO4. The Labute approximate surface area is 86.3 Å². The Kier molecular flexibility index (Phi) is 3.56. The Bertz CT molecular complexity index is 350. The number of hydrogen-bond acceptors (Lipinski definition) is 4. The molecule has 2 amide bonds. The van der Waals surface area contributed by atoms with Gasteiger partial charge in [0.25, 0.3) is 11.8 Å². The molecule has 0 fully saturated rings. The van der Waals surface area contributed by atoms with Crippen molar-refractivity contribution in [2.24, 2.45) is 0 Å². The second kappa shape index (κ2) is 4.90. The molecule has 0 aromatic heterocycles. The third kappa shape index (κ3) is 2.91. The number of imide groups is 1. The van der Waals surface area contributed by atoms with Crippen LogP contribution in [0.5, 0.6) is 0 Å². The van der Waals surface area contributed by atoms with Gasteiger partial charge in [-0.25, -0.2) is 4.79 Å². The lowest BCUT2D eigenvalue weighted by Gasteiger charge is -2.06. The maximum Gasteiger partial charge on any atom is 0.330 e. The molecule has 0 atom stereocenters. The summed E-state index contributed by atoms with van der Waals surface area (Å²) in [7, 11) is 0. The molecule has 15 heavy (non-hydrogen) atoms. The Hall–Kier alpha value is -2.17. The van der Waals surface area contributed by atoms with Crippen LogP contribution in [-0.4, -0.2) is 29.3 Å². The van der Waals surface area contributed by atoms with Crippen molar-refractivity contribution in [1.82, 2.24) is 4.90 Å². The highest BCUT2D eigenvalue weighted by molar-refractivity contribution is 6.13. The van der Waals surface area contributed by atoms with Crippen molar-refractivity contribution >= 4 is 17.8 Å². The fraction of sp³-hybridized carbons (Fsp3) is 0.100. The van der Waals surface area contributed by atoms with Crippen LogP contribution in [-0.2, 0) is 19.1 Å². The van der Waals surface area contributed by atoms with Crippen molar-refractivity contribution in [2.45, 2.75) is 0 Å². The van der Waals surface area contributed by atoms with E-state index in [9.17, 15) is 14.4 Å². The van der Waals surface area contributed by atoms with E-state index in [1.807, 2.05) is 0 Å². The van der Waals surface area contributed by atoms with Gasteiger partial charge in [-0.2, -0.15) is 0 Å². The summed E-state index contributed by atoms with van der Waals surface area (Å²) in [4.78, 5) is 33.5. The molecule has 1 aliphatic heterocycles. The maximum absolute atomic E-state index is 11.0. The van der Waals surface area contributed by atoms with Gasteiger partial charge in [-0.1, -0.05) is 6.58 Å². The largest absolute Gasteiger partial charge is 0.458 e. The van der Waals surface area contributed by atoms with Gasteiger partial charge in [0.2, 0.25) is 0 Å². The number of carbonyl (C=O) groups is 3. The maximum atomic E-state index is 11.0. The molecule has 0 aliphatic carbocycles. The van der Waals surface area contributed by atoms with Gasteiger partial charge in [0.1, 0.15) is 6.61 Å². The van der Waals surface area contributed by atoms with E-state index in [-0.39, 0.29) is 6.61 Å². The standard InChI is InChI=1S/C10H9NO4/c1-2-10(14)15-7-3-6-11-8(12)4-5-9(11)13/h2-6H,1,7H2. The summed E-state index contributed by atoms with van der Waals surface area (Å²) in [6, 6.07) is 0. The van der Waals surface area contributed by atoms with Crippen molar-refractivity contribution in [1.29, 1.82) is 0 Å². The van der Waals surface area contributed by atoms with Gasteiger partial charge in [-0.05, 0) is 6.08 Å². The number of ether oxygens (including phenoxy) is 1.